The number of carbonyl (C=O) groups excluding carboxylic acids is 2. The van der Waals surface area contributed by atoms with Gasteiger partial charge in [0, 0.05) is 16.3 Å². The number of carbonyl (C=O) groups is 2. The van der Waals surface area contributed by atoms with Crippen LogP contribution >= 0.6 is 11.6 Å². The van der Waals surface area contributed by atoms with Crippen LogP contribution in [0, 0.1) is 0 Å². The Kier molecular flexibility index (Phi) is 6.00. The number of aromatic nitrogens is 2. The quantitative estimate of drug-likeness (QED) is 0.395. The van der Waals surface area contributed by atoms with E-state index in [1.165, 1.54) is 0 Å². The first kappa shape index (κ1) is 20.6. The van der Waals surface area contributed by atoms with Gasteiger partial charge in [0.25, 0.3) is 5.91 Å². The predicted molar refractivity (Wildman–Crippen MR) is 121 cm³/mol. The molecule has 0 aliphatic carbocycles. The zero-order valence-corrected chi connectivity index (χ0v) is 17.5. The van der Waals surface area contributed by atoms with Crippen LogP contribution in [0.5, 0.6) is 0 Å². The lowest BCUT2D eigenvalue weighted by atomic mass is 10.2. The van der Waals surface area contributed by atoms with Crippen LogP contribution in [0.2, 0.25) is 5.02 Å². The fourth-order valence-electron chi connectivity index (χ4n) is 3.14. The summed E-state index contributed by atoms with van der Waals surface area (Å²) >= 11 is 5.86. The maximum absolute atomic E-state index is 12.7. The molecule has 31 heavy (non-hydrogen) atoms. The minimum Gasteiger partial charge on any atom is -0.449 e. The maximum atomic E-state index is 12.7. The molecule has 1 heterocycles. The van der Waals surface area contributed by atoms with E-state index in [0.717, 1.165) is 16.9 Å². The fourth-order valence-corrected chi connectivity index (χ4v) is 3.27. The summed E-state index contributed by atoms with van der Waals surface area (Å²) in [5, 5.41) is 3.31. The van der Waals surface area contributed by atoms with Crippen LogP contribution in [0.25, 0.3) is 22.4 Å². The van der Waals surface area contributed by atoms with E-state index in [2.05, 4.69) is 15.3 Å². The van der Waals surface area contributed by atoms with Crippen LogP contribution in [-0.4, -0.2) is 27.9 Å². The maximum Gasteiger partial charge on any atom is 0.338 e. The van der Waals surface area contributed by atoms with Gasteiger partial charge in [-0.05, 0) is 48.9 Å². The Morgan fingerprint density at radius 2 is 1.81 bits per heavy atom. The number of nitrogens with one attached hydrogen (secondary N) is 2. The molecule has 0 aliphatic heterocycles. The van der Waals surface area contributed by atoms with Crippen molar-refractivity contribution in [2.45, 2.75) is 19.4 Å². The van der Waals surface area contributed by atoms with Gasteiger partial charge < -0.3 is 15.0 Å². The van der Waals surface area contributed by atoms with Gasteiger partial charge in [0.15, 0.2) is 6.10 Å². The third-order valence-electron chi connectivity index (χ3n) is 4.79. The highest BCUT2D eigenvalue weighted by molar-refractivity contribution is 6.30. The van der Waals surface area contributed by atoms with Gasteiger partial charge in [0.1, 0.15) is 5.82 Å². The van der Waals surface area contributed by atoms with Gasteiger partial charge >= 0.3 is 5.97 Å². The Morgan fingerprint density at radius 3 is 2.52 bits per heavy atom. The second-order valence-electron chi connectivity index (χ2n) is 6.98. The largest absolute Gasteiger partial charge is 0.449 e. The number of aromatic amines is 1. The Morgan fingerprint density at radius 1 is 1.06 bits per heavy atom. The second kappa shape index (κ2) is 9.02. The van der Waals surface area contributed by atoms with Crippen LogP contribution in [-0.2, 0) is 9.53 Å². The van der Waals surface area contributed by atoms with Crippen LogP contribution in [0.4, 0.5) is 5.69 Å². The third kappa shape index (κ3) is 4.75. The summed E-state index contributed by atoms with van der Waals surface area (Å²) in [6, 6.07) is 21.5. The number of H-pyrrole nitrogens is 1. The minimum absolute atomic E-state index is 0.341. The molecule has 0 aliphatic rings. The van der Waals surface area contributed by atoms with E-state index in [4.69, 9.17) is 16.3 Å². The summed E-state index contributed by atoms with van der Waals surface area (Å²) in [6.07, 6.45) is -0.573. The van der Waals surface area contributed by atoms with Crippen LogP contribution < -0.4 is 5.32 Å². The number of imidazole rings is 1. The van der Waals surface area contributed by atoms with E-state index >= 15 is 0 Å². The molecule has 1 unspecified atom stereocenters. The Labute approximate surface area is 184 Å². The average Bonchev–Trinajstić information content (AvgIpc) is 3.23. The van der Waals surface area contributed by atoms with Gasteiger partial charge in [-0.1, -0.05) is 48.9 Å². The summed E-state index contributed by atoms with van der Waals surface area (Å²) in [7, 11) is 0. The molecule has 0 saturated carbocycles. The van der Waals surface area contributed by atoms with Gasteiger partial charge in [0.05, 0.1) is 16.6 Å². The van der Waals surface area contributed by atoms with E-state index in [9.17, 15) is 9.59 Å². The highest BCUT2D eigenvalue weighted by atomic mass is 35.5. The molecule has 3 aromatic carbocycles. The van der Waals surface area contributed by atoms with Crippen molar-refractivity contribution < 1.29 is 14.3 Å². The number of rotatable bonds is 6. The van der Waals surface area contributed by atoms with Crippen LogP contribution in [0.1, 0.15) is 23.7 Å². The highest BCUT2D eigenvalue weighted by Crippen LogP contribution is 2.22. The van der Waals surface area contributed by atoms with Crippen molar-refractivity contribution in [3.8, 4) is 11.4 Å². The number of nitrogens with zero attached hydrogens (tertiary/aromatic N) is 1. The monoisotopic (exact) mass is 433 g/mol. The summed E-state index contributed by atoms with van der Waals surface area (Å²) < 4.78 is 5.47. The molecule has 4 rings (SSSR count). The number of hydrogen-bond acceptors (Lipinski definition) is 4. The number of anilines is 1. The van der Waals surface area contributed by atoms with Crippen molar-refractivity contribution in [2.75, 3.05) is 5.32 Å². The lowest BCUT2D eigenvalue weighted by Gasteiger charge is -2.16. The van der Waals surface area contributed by atoms with Crippen molar-refractivity contribution in [3.05, 3.63) is 83.4 Å². The van der Waals surface area contributed by atoms with Gasteiger partial charge in [-0.25, -0.2) is 9.78 Å². The van der Waals surface area contributed by atoms with Gasteiger partial charge in [0.2, 0.25) is 0 Å². The minimum atomic E-state index is -0.916. The van der Waals surface area contributed by atoms with E-state index in [-0.39, 0.29) is 0 Å². The normalized spacial score (nSPS) is 11.8. The number of fused-ring (bicyclic) bond motifs is 1. The molecule has 0 bridgehead atoms. The predicted octanol–water partition coefficient (Wildman–Crippen LogP) is 5.46. The first-order valence-corrected chi connectivity index (χ1v) is 10.2. The molecule has 7 heteroatoms. The molecule has 0 radical (unpaired) electrons. The molecule has 4 aromatic rings. The van der Waals surface area contributed by atoms with E-state index in [0.29, 0.717) is 28.2 Å². The number of ether oxygens (including phenoxy) is 1. The molecule has 6 nitrogen and oxygen atoms in total. The number of amides is 1. The molecule has 1 atom stereocenters. The lowest BCUT2D eigenvalue weighted by Crippen LogP contribution is -2.32. The third-order valence-corrected chi connectivity index (χ3v) is 5.04. The Hall–Kier alpha value is -3.64. The number of esters is 1. The molecule has 156 valence electrons. The van der Waals surface area contributed by atoms with E-state index in [1.54, 1.807) is 49.4 Å². The molecule has 0 fully saturated rings. The smallest absolute Gasteiger partial charge is 0.338 e. The summed E-state index contributed by atoms with van der Waals surface area (Å²) in [5.41, 5.74) is 3.33. The van der Waals surface area contributed by atoms with Crippen LogP contribution in [0.15, 0.2) is 72.8 Å². The van der Waals surface area contributed by atoms with Crippen molar-refractivity contribution >= 4 is 40.2 Å². The van der Waals surface area contributed by atoms with E-state index in [1.807, 2.05) is 30.3 Å². The molecule has 2 N–H and O–H groups in total. The molecule has 1 aromatic heterocycles. The summed E-state index contributed by atoms with van der Waals surface area (Å²) in [6.45, 7) is 1.78. The van der Waals surface area contributed by atoms with Gasteiger partial charge in [-0.3, -0.25) is 4.79 Å². The van der Waals surface area contributed by atoms with Crippen LogP contribution in [0.3, 0.4) is 0 Å². The zero-order valence-electron chi connectivity index (χ0n) is 16.8. The van der Waals surface area contributed by atoms with E-state index < -0.39 is 18.0 Å². The SMILES string of the molecule is CCC(OC(=O)c1ccc2nc(-c3ccccc3)[nH]c2c1)C(=O)Nc1ccc(Cl)cc1. The van der Waals surface area contributed by atoms with Gasteiger partial charge in [-0.2, -0.15) is 0 Å². The highest BCUT2D eigenvalue weighted by Gasteiger charge is 2.22. The Balaban J connectivity index is 1.48. The zero-order chi connectivity index (χ0) is 21.8. The van der Waals surface area contributed by atoms with Crippen molar-refractivity contribution in [1.29, 1.82) is 0 Å². The number of benzene rings is 3. The number of halogens is 1. The first-order valence-electron chi connectivity index (χ1n) is 9.86. The fraction of sp³-hybridized carbons (Fsp3) is 0.125. The van der Waals surface area contributed by atoms with Crippen molar-refractivity contribution in [3.63, 3.8) is 0 Å². The number of hydrogen-bond donors (Lipinski definition) is 2. The van der Waals surface area contributed by atoms with Crippen molar-refractivity contribution in [1.82, 2.24) is 9.97 Å². The first-order chi connectivity index (χ1) is 15.0. The molecule has 1 amide bonds. The Bertz CT molecular complexity index is 1220. The standard InChI is InChI=1S/C24H20ClN3O3/c1-2-21(23(29)26-18-11-9-17(25)10-12-18)31-24(30)16-8-13-19-20(14-16)28-22(27-19)15-6-4-3-5-7-15/h3-14,21H,2H2,1H3,(H,26,29)(H,27,28). The topological polar surface area (TPSA) is 84.1 Å². The molecule has 0 saturated heterocycles. The van der Waals surface area contributed by atoms with Gasteiger partial charge in [-0.15, -0.1) is 0 Å². The average molecular weight is 434 g/mol. The molecule has 0 spiro atoms. The molecular formula is C24H20ClN3O3. The summed E-state index contributed by atoms with van der Waals surface area (Å²) in [4.78, 5) is 33.0. The van der Waals surface area contributed by atoms with Crippen molar-refractivity contribution in [2.24, 2.45) is 0 Å². The second-order valence-corrected chi connectivity index (χ2v) is 7.42. The summed E-state index contributed by atoms with van der Waals surface area (Å²) in [5.74, 6) is -0.252. The molecular weight excluding hydrogens is 414 g/mol. The lowest BCUT2D eigenvalue weighted by molar-refractivity contribution is -0.124.